The van der Waals surface area contributed by atoms with Gasteiger partial charge < -0.3 is 0 Å². The van der Waals surface area contributed by atoms with E-state index in [1.54, 1.807) is 0 Å². The predicted octanol–water partition coefficient (Wildman–Crippen LogP) is 7.66. The molecule has 0 amide bonds. The summed E-state index contributed by atoms with van der Waals surface area (Å²) in [5.41, 5.74) is 11.1. The lowest BCUT2D eigenvalue weighted by Gasteiger charge is -2.19. The lowest BCUT2D eigenvalue weighted by atomic mass is 9.86. The Morgan fingerprint density at radius 3 is 2.24 bits per heavy atom. The molecule has 1 heteroatoms. The van der Waals surface area contributed by atoms with Gasteiger partial charge in [-0.1, -0.05) is 81.5 Å². The second kappa shape index (κ2) is 6.42. The molecule has 5 rings (SSSR count). The first kappa shape index (κ1) is 17.9. The van der Waals surface area contributed by atoms with E-state index in [9.17, 15) is 0 Å². The Morgan fingerprint density at radius 1 is 0.724 bits per heavy atom. The molecule has 1 aliphatic rings. The third-order valence-corrected chi connectivity index (χ3v) is 5.94. The summed E-state index contributed by atoms with van der Waals surface area (Å²) in [4.78, 5) is 4.99. The summed E-state index contributed by atoms with van der Waals surface area (Å²) in [7, 11) is 0. The van der Waals surface area contributed by atoms with Crippen LogP contribution in [0.2, 0.25) is 0 Å². The summed E-state index contributed by atoms with van der Waals surface area (Å²) in [6, 6.07) is 24.2. The van der Waals surface area contributed by atoms with Gasteiger partial charge in [-0.05, 0) is 63.9 Å². The fourth-order valence-corrected chi connectivity index (χ4v) is 4.18. The van der Waals surface area contributed by atoms with Crippen molar-refractivity contribution in [2.24, 2.45) is 0 Å². The average molecular weight is 376 g/mol. The van der Waals surface area contributed by atoms with Crippen LogP contribution in [-0.2, 0) is 5.41 Å². The number of nitrogens with zero attached hydrogens (tertiary/aromatic N) is 1. The van der Waals surface area contributed by atoms with Crippen molar-refractivity contribution in [2.45, 2.75) is 33.1 Å². The quantitative estimate of drug-likeness (QED) is 0.309. The molecule has 0 atom stereocenters. The molecule has 0 fully saturated rings. The number of rotatable bonds is 2. The van der Waals surface area contributed by atoms with Gasteiger partial charge in [-0.3, -0.25) is 0 Å². The lowest BCUT2D eigenvalue weighted by Crippen LogP contribution is -2.10. The summed E-state index contributed by atoms with van der Waals surface area (Å²) < 4.78 is 0. The highest BCUT2D eigenvalue weighted by Gasteiger charge is 2.15. The van der Waals surface area contributed by atoms with Crippen LogP contribution in [0.1, 0.15) is 43.0 Å². The van der Waals surface area contributed by atoms with Gasteiger partial charge in [0, 0.05) is 10.9 Å². The van der Waals surface area contributed by atoms with Crippen molar-refractivity contribution in [3.63, 3.8) is 0 Å². The van der Waals surface area contributed by atoms with Gasteiger partial charge in [0.1, 0.15) is 0 Å². The molecule has 0 saturated carbocycles. The topological polar surface area (TPSA) is 12.9 Å². The molecule has 29 heavy (non-hydrogen) atoms. The van der Waals surface area contributed by atoms with Crippen LogP contribution in [0.4, 0.5) is 0 Å². The van der Waals surface area contributed by atoms with Gasteiger partial charge >= 0.3 is 0 Å². The van der Waals surface area contributed by atoms with Crippen LogP contribution in [0.3, 0.4) is 0 Å². The second-order valence-corrected chi connectivity index (χ2v) is 9.03. The molecule has 0 aliphatic heterocycles. The highest BCUT2D eigenvalue weighted by Crippen LogP contribution is 2.36. The van der Waals surface area contributed by atoms with E-state index in [1.807, 2.05) is 0 Å². The molecule has 1 nitrogen and oxygen atoms in total. The lowest BCUT2D eigenvalue weighted by molar-refractivity contribution is 0.590. The van der Waals surface area contributed by atoms with Crippen molar-refractivity contribution in [3.8, 4) is 22.4 Å². The maximum atomic E-state index is 4.99. The van der Waals surface area contributed by atoms with Crippen molar-refractivity contribution in [1.29, 1.82) is 0 Å². The average Bonchev–Trinajstić information content (AvgIpc) is 3.16. The van der Waals surface area contributed by atoms with Crippen molar-refractivity contribution in [2.75, 3.05) is 0 Å². The van der Waals surface area contributed by atoms with E-state index < -0.39 is 0 Å². The van der Waals surface area contributed by atoms with Crippen LogP contribution in [0, 0.1) is 6.92 Å². The summed E-state index contributed by atoms with van der Waals surface area (Å²) in [5, 5.41) is 1.28. The van der Waals surface area contributed by atoms with E-state index in [4.69, 9.17) is 4.98 Å². The first-order valence-corrected chi connectivity index (χ1v) is 10.2. The molecule has 1 aliphatic carbocycles. The van der Waals surface area contributed by atoms with Crippen LogP contribution in [0.5, 0.6) is 0 Å². The highest BCUT2D eigenvalue weighted by molar-refractivity contribution is 6.05. The Hall–Kier alpha value is -3.19. The summed E-state index contributed by atoms with van der Waals surface area (Å²) in [6.45, 7) is 8.91. The molecule has 1 aromatic heterocycles. The number of hydrogen-bond donors (Lipinski definition) is 0. The molecule has 1 heterocycles. The predicted molar refractivity (Wildman–Crippen MR) is 125 cm³/mol. The first-order chi connectivity index (χ1) is 13.9. The largest absolute Gasteiger partial charge is 0.248 e. The standard InChI is InChI=1S/C28H25N/c1-18-8-15-25-27-22(11-14-24(18)27)17-26(29-25)21-7-5-6-20(16-21)19-9-12-23(13-10-19)28(2,3)4/h5-17H,1-4H3. The minimum absolute atomic E-state index is 0.169. The third kappa shape index (κ3) is 3.07. The fourth-order valence-electron chi connectivity index (χ4n) is 4.18. The summed E-state index contributed by atoms with van der Waals surface area (Å²) in [6.07, 6.45) is 4.43. The Kier molecular flexibility index (Phi) is 3.96. The maximum absolute atomic E-state index is 4.99. The maximum Gasteiger partial charge on any atom is 0.0721 e. The normalized spacial score (nSPS) is 12.7. The van der Waals surface area contributed by atoms with Crippen LogP contribution >= 0.6 is 0 Å². The van der Waals surface area contributed by atoms with E-state index in [1.165, 1.54) is 38.8 Å². The van der Waals surface area contributed by atoms with E-state index in [-0.39, 0.29) is 5.41 Å². The van der Waals surface area contributed by atoms with Crippen molar-refractivity contribution < 1.29 is 0 Å². The molecule has 0 bridgehead atoms. The van der Waals surface area contributed by atoms with Crippen LogP contribution in [0.15, 0.2) is 66.7 Å². The highest BCUT2D eigenvalue weighted by atomic mass is 14.7. The molecule has 0 N–H and O–H groups in total. The van der Waals surface area contributed by atoms with E-state index in [2.05, 4.69) is 107 Å². The molecule has 0 spiro atoms. The van der Waals surface area contributed by atoms with Crippen molar-refractivity contribution in [3.05, 3.63) is 89.0 Å². The van der Waals surface area contributed by atoms with Gasteiger partial charge in [-0.2, -0.15) is 0 Å². The molecule has 0 saturated heterocycles. The van der Waals surface area contributed by atoms with Gasteiger partial charge in [0.2, 0.25) is 0 Å². The third-order valence-electron chi connectivity index (χ3n) is 5.94. The van der Waals surface area contributed by atoms with Gasteiger partial charge in [-0.25, -0.2) is 4.98 Å². The molecule has 3 aromatic carbocycles. The second-order valence-electron chi connectivity index (χ2n) is 9.03. The van der Waals surface area contributed by atoms with E-state index in [0.717, 1.165) is 16.8 Å². The fraction of sp³-hybridized carbons (Fsp3) is 0.179. The number of aromatic nitrogens is 1. The Labute approximate surface area is 172 Å². The molecular weight excluding hydrogens is 350 g/mol. The van der Waals surface area contributed by atoms with E-state index >= 15 is 0 Å². The number of aryl methyl sites for hydroxylation is 1. The minimum Gasteiger partial charge on any atom is -0.248 e. The minimum atomic E-state index is 0.169. The molecule has 142 valence electrons. The molecule has 4 aromatic rings. The van der Waals surface area contributed by atoms with Gasteiger partial charge in [0.05, 0.1) is 11.2 Å². The van der Waals surface area contributed by atoms with Crippen LogP contribution in [0.25, 0.3) is 45.4 Å². The van der Waals surface area contributed by atoms with Gasteiger partial charge in [0.15, 0.2) is 0 Å². The number of pyridine rings is 1. The first-order valence-electron chi connectivity index (χ1n) is 10.2. The zero-order valence-electron chi connectivity index (χ0n) is 17.5. The summed E-state index contributed by atoms with van der Waals surface area (Å²) >= 11 is 0. The van der Waals surface area contributed by atoms with Gasteiger partial charge in [0.25, 0.3) is 0 Å². The van der Waals surface area contributed by atoms with Crippen LogP contribution in [-0.4, -0.2) is 4.98 Å². The monoisotopic (exact) mass is 375 g/mol. The van der Waals surface area contributed by atoms with Gasteiger partial charge in [-0.15, -0.1) is 0 Å². The molecule has 0 radical (unpaired) electrons. The summed E-state index contributed by atoms with van der Waals surface area (Å²) in [5.74, 6) is 0. The van der Waals surface area contributed by atoms with E-state index in [0.29, 0.717) is 0 Å². The smallest absolute Gasteiger partial charge is 0.0721 e. The Balaban J connectivity index is 1.57. The zero-order chi connectivity index (χ0) is 20.2. The van der Waals surface area contributed by atoms with Crippen LogP contribution < -0.4 is 0 Å². The SMILES string of the molecule is Cc1ccc2nc(-c3cccc(-c4ccc(C(C)(C)C)cc4)c3)cc3c2c1C=C3. The Bertz CT molecular complexity index is 1270. The molecular formula is C28H25N. The van der Waals surface area contributed by atoms with Crippen molar-refractivity contribution >= 4 is 23.1 Å². The zero-order valence-corrected chi connectivity index (χ0v) is 17.5. The molecule has 0 unspecified atom stereocenters. The number of hydrogen-bond acceptors (Lipinski definition) is 1. The van der Waals surface area contributed by atoms with Crippen molar-refractivity contribution in [1.82, 2.24) is 4.98 Å². The Morgan fingerprint density at radius 2 is 1.48 bits per heavy atom. The number of benzene rings is 3.